The van der Waals surface area contributed by atoms with Gasteiger partial charge in [-0.2, -0.15) is 0 Å². The predicted molar refractivity (Wildman–Crippen MR) is 81.5 cm³/mol. The van der Waals surface area contributed by atoms with Crippen molar-refractivity contribution < 1.29 is 13.3 Å². The highest BCUT2D eigenvalue weighted by atomic mass is 32.2. The SMILES string of the molecule is CC(C)C(CNS(=O)(=O)c1cccc([N+](=O)[O-])c1)C(C)C. The number of rotatable bonds is 7. The van der Waals surface area contributed by atoms with E-state index in [-0.39, 0.29) is 16.5 Å². The van der Waals surface area contributed by atoms with Crippen molar-refractivity contribution in [1.82, 2.24) is 4.72 Å². The predicted octanol–water partition coefficient (Wildman–Crippen LogP) is 2.80. The number of hydrogen-bond donors (Lipinski definition) is 1. The van der Waals surface area contributed by atoms with Gasteiger partial charge in [-0.05, 0) is 23.8 Å². The average molecular weight is 314 g/mol. The summed E-state index contributed by atoms with van der Waals surface area (Å²) < 4.78 is 27.0. The molecule has 21 heavy (non-hydrogen) atoms. The molecule has 0 saturated heterocycles. The fourth-order valence-corrected chi connectivity index (χ4v) is 3.41. The standard InChI is InChI=1S/C14H22N2O4S/c1-10(2)14(11(3)4)9-15-21(19,20)13-7-5-6-12(8-13)16(17)18/h5-8,10-11,14-15H,9H2,1-4H3. The first-order chi connectivity index (χ1) is 9.65. The minimum atomic E-state index is -3.73. The number of nitro groups is 1. The maximum absolute atomic E-state index is 12.2. The molecule has 0 fully saturated rings. The lowest BCUT2D eigenvalue weighted by Crippen LogP contribution is -2.34. The zero-order valence-electron chi connectivity index (χ0n) is 12.7. The van der Waals surface area contributed by atoms with Crippen LogP contribution in [-0.4, -0.2) is 19.9 Å². The fraction of sp³-hybridized carbons (Fsp3) is 0.571. The van der Waals surface area contributed by atoms with Crippen molar-refractivity contribution in [3.8, 4) is 0 Å². The highest BCUT2D eigenvalue weighted by Crippen LogP contribution is 2.21. The zero-order chi connectivity index (χ0) is 16.2. The first kappa shape index (κ1) is 17.6. The smallest absolute Gasteiger partial charge is 0.258 e. The van der Waals surface area contributed by atoms with E-state index in [0.29, 0.717) is 18.4 Å². The molecule has 0 aliphatic rings. The van der Waals surface area contributed by atoms with Crippen molar-refractivity contribution >= 4 is 15.7 Å². The van der Waals surface area contributed by atoms with E-state index in [1.807, 2.05) is 27.7 Å². The molecular weight excluding hydrogens is 292 g/mol. The Morgan fingerprint density at radius 3 is 2.24 bits per heavy atom. The van der Waals surface area contributed by atoms with Crippen molar-refractivity contribution in [2.45, 2.75) is 32.6 Å². The topological polar surface area (TPSA) is 89.3 Å². The van der Waals surface area contributed by atoms with Gasteiger partial charge in [0.25, 0.3) is 5.69 Å². The molecule has 1 aromatic rings. The molecule has 0 saturated carbocycles. The van der Waals surface area contributed by atoms with Crippen LogP contribution in [-0.2, 0) is 10.0 Å². The number of sulfonamides is 1. The second-order valence-corrected chi connectivity index (χ2v) is 7.53. The highest BCUT2D eigenvalue weighted by molar-refractivity contribution is 7.89. The molecule has 0 aliphatic carbocycles. The number of hydrogen-bond acceptors (Lipinski definition) is 4. The van der Waals surface area contributed by atoms with Gasteiger partial charge in [0.1, 0.15) is 0 Å². The van der Waals surface area contributed by atoms with Crippen molar-refractivity contribution in [3.63, 3.8) is 0 Å². The molecule has 7 heteroatoms. The van der Waals surface area contributed by atoms with Crippen LogP contribution in [0.2, 0.25) is 0 Å². The first-order valence-corrected chi connectivity index (χ1v) is 8.37. The van der Waals surface area contributed by atoms with E-state index in [2.05, 4.69) is 4.72 Å². The Labute approximate surface area is 125 Å². The minimum absolute atomic E-state index is 0.0806. The van der Waals surface area contributed by atoms with Gasteiger partial charge < -0.3 is 0 Å². The van der Waals surface area contributed by atoms with E-state index < -0.39 is 14.9 Å². The van der Waals surface area contributed by atoms with Crippen LogP contribution < -0.4 is 4.72 Å². The lowest BCUT2D eigenvalue weighted by atomic mass is 9.86. The van der Waals surface area contributed by atoms with Gasteiger partial charge in [0.2, 0.25) is 10.0 Å². The monoisotopic (exact) mass is 314 g/mol. The Bertz CT molecular complexity index is 589. The summed E-state index contributed by atoms with van der Waals surface area (Å²) in [4.78, 5) is 10.0. The molecule has 118 valence electrons. The second kappa shape index (κ2) is 7.00. The van der Waals surface area contributed by atoms with E-state index in [4.69, 9.17) is 0 Å². The van der Waals surface area contributed by atoms with Crippen molar-refractivity contribution in [1.29, 1.82) is 0 Å². The van der Waals surface area contributed by atoms with Gasteiger partial charge in [-0.1, -0.05) is 33.8 Å². The molecule has 0 amide bonds. The molecule has 0 radical (unpaired) electrons. The summed E-state index contributed by atoms with van der Waals surface area (Å²) >= 11 is 0. The van der Waals surface area contributed by atoms with E-state index in [0.717, 1.165) is 6.07 Å². The van der Waals surface area contributed by atoms with Crippen molar-refractivity contribution in [2.75, 3.05) is 6.54 Å². The van der Waals surface area contributed by atoms with Gasteiger partial charge in [-0.25, -0.2) is 13.1 Å². The van der Waals surface area contributed by atoms with Crippen LogP contribution in [0, 0.1) is 27.9 Å². The summed E-state index contributed by atoms with van der Waals surface area (Å²) in [6.07, 6.45) is 0. The average Bonchev–Trinajstić information content (AvgIpc) is 2.38. The molecule has 0 aromatic heterocycles. The molecule has 0 atom stereocenters. The quantitative estimate of drug-likeness (QED) is 0.619. The molecular formula is C14H22N2O4S. The lowest BCUT2D eigenvalue weighted by molar-refractivity contribution is -0.385. The molecule has 6 nitrogen and oxygen atoms in total. The van der Waals surface area contributed by atoms with Crippen LogP contribution in [0.1, 0.15) is 27.7 Å². The van der Waals surface area contributed by atoms with Gasteiger partial charge in [0.05, 0.1) is 9.82 Å². The Hall–Kier alpha value is -1.47. The van der Waals surface area contributed by atoms with E-state index in [9.17, 15) is 18.5 Å². The third-order valence-electron chi connectivity index (χ3n) is 3.56. The van der Waals surface area contributed by atoms with E-state index in [1.165, 1.54) is 18.2 Å². The highest BCUT2D eigenvalue weighted by Gasteiger charge is 2.22. The summed E-state index contributed by atoms with van der Waals surface area (Å²) in [6.45, 7) is 8.51. The largest absolute Gasteiger partial charge is 0.270 e. The summed E-state index contributed by atoms with van der Waals surface area (Å²) in [7, 11) is -3.73. The van der Waals surface area contributed by atoms with Crippen LogP contribution in [0.4, 0.5) is 5.69 Å². The third-order valence-corrected chi connectivity index (χ3v) is 4.98. The molecule has 1 aromatic carbocycles. The summed E-state index contributed by atoms with van der Waals surface area (Å²) in [5, 5.41) is 10.7. The van der Waals surface area contributed by atoms with Gasteiger partial charge in [-0.3, -0.25) is 10.1 Å². The maximum Gasteiger partial charge on any atom is 0.270 e. The van der Waals surface area contributed by atoms with Gasteiger partial charge >= 0.3 is 0 Å². The normalized spacial score (nSPS) is 12.3. The van der Waals surface area contributed by atoms with Crippen LogP contribution in [0.25, 0.3) is 0 Å². The van der Waals surface area contributed by atoms with Gasteiger partial charge in [0, 0.05) is 18.7 Å². The van der Waals surface area contributed by atoms with Crippen molar-refractivity contribution in [2.24, 2.45) is 17.8 Å². The molecule has 0 heterocycles. The number of benzene rings is 1. The molecule has 1 rings (SSSR count). The van der Waals surface area contributed by atoms with Gasteiger partial charge in [0.15, 0.2) is 0 Å². The molecule has 0 aliphatic heterocycles. The zero-order valence-corrected chi connectivity index (χ0v) is 13.6. The molecule has 1 N–H and O–H groups in total. The Morgan fingerprint density at radius 1 is 1.19 bits per heavy atom. The Morgan fingerprint density at radius 2 is 1.76 bits per heavy atom. The van der Waals surface area contributed by atoms with Crippen LogP contribution in [0.15, 0.2) is 29.2 Å². The Kier molecular flexibility index (Phi) is 5.86. The van der Waals surface area contributed by atoms with Crippen molar-refractivity contribution in [3.05, 3.63) is 34.4 Å². The van der Waals surface area contributed by atoms with Crippen LogP contribution >= 0.6 is 0 Å². The Balaban J connectivity index is 2.91. The molecule has 0 spiro atoms. The minimum Gasteiger partial charge on any atom is -0.258 e. The lowest BCUT2D eigenvalue weighted by Gasteiger charge is -2.24. The van der Waals surface area contributed by atoms with E-state index >= 15 is 0 Å². The van der Waals surface area contributed by atoms with Crippen LogP contribution in [0.3, 0.4) is 0 Å². The third kappa shape index (κ3) is 4.78. The van der Waals surface area contributed by atoms with E-state index in [1.54, 1.807) is 0 Å². The van der Waals surface area contributed by atoms with Crippen LogP contribution in [0.5, 0.6) is 0 Å². The second-order valence-electron chi connectivity index (χ2n) is 5.76. The summed E-state index contributed by atoms with van der Waals surface area (Å²) in [6, 6.07) is 5.07. The number of non-ortho nitro benzene ring substituents is 1. The summed E-state index contributed by atoms with van der Waals surface area (Å²) in [5.74, 6) is 0.897. The number of nitrogens with zero attached hydrogens (tertiary/aromatic N) is 1. The summed E-state index contributed by atoms with van der Waals surface area (Å²) in [5.41, 5.74) is -0.234. The molecule has 0 unspecified atom stereocenters. The number of nitro benzene ring substituents is 1. The number of nitrogens with one attached hydrogen (secondary N) is 1. The molecule has 0 bridgehead atoms. The van der Waals surface area contributed by atoms with Gasteiger partial charge in [-0.15, -0.1) is 0 Å². The maximum atomic E-state index is 12.2. The first-order valence-electron chi connectivity index (χ1n) is 6.89. The fourth-order valence-electron chi connectivity index (χ4n) is 2.29.